The summed E-state index contributed by atoms with van der Waals surface area (Å²) in [5, 5.41) is 0. The number of hydrogen-bond donors (Lipinski definition) is 1. The average Bonchev–Trinajstić information content (AvgIpc) is 3.60. The number of likely N-dealkylation sites (tertiary alicyclic amines) is 1. The van der Waals surface area contributed by atoms with Gasteiger partial charge in [-0.3, -0.25) is 14.4 Å². The van der Waals surface area contributed by atoms with Crippen LogP contribution in [0.15, 0.2) is 54.6 Å². The van der Waals surface area contributed by atoms with Crippen molar-refractivity contribution in [3.05, 3.63) is 71.3 Å². The van der Waals surface area contributed by atoms with Crippen molar-refractivity contribution in [2.75, 3.05) is 19.3 Å². The van der Waals surface area contributed by atoms with Crippen LogP contribution in [0, 0.1) is 0 Å². The molecule has 1 heterocycles. The minimum absolute atomic E-state index is 0.0182. The molecule has 1 aliphatic carbocycles. The number of sulfonamides is 1. The Hall–Kier alpha value is -2.91. The van der Waals surface area contributed by atoms with Gasteiger partial charge in [0.15, 0.2) is 0 Å². The molecule has 2 aromatic carbocycles. The third-order valence-corrected chi connectivity index (χ3v) is 7.59. The molecule has 2 aliphatic rings. The van der Waals surface area contributed by atoms with Crippen LogP contribution in [0.4, 0.5) is 4.79 Å². The molecule has 2 amide bonds. The summed E-state index contributed by atoms with van der Waals surface area (Å²) in [7, 11) is -3.55. The Morgan fingerprint density at radius 3 is 2.18 bits per heavy atom. The summed E-state index contributed by atoms with van der Waals surface area (Å²) in [6.45, 7) is 8.28. The van der Waals surface area contributed by atoms with Gasteiger partial charge in [-0.05, 0) is 56.7 Å². The van der Waals surface area contributed by atoms with Gasteiger partial charge in [0.25, 0.3) is 0 Å². The summed E-state index contributed by atoms with van der Waals surface area (Å²) >= 11 is 0. The first kappa shape index (κ1) is 28.1. The number of carbonyl (C=O) groups is 2. The van der Waals surface area contributed by atoms with Crippen LogP contribution in [0.2, 0.25) is 0 Å². The van der Waals surface area contributed by atoms with Gasteiger partial charge < -0.3 is 9.64 Å². The molecule has 2 aromatic rings. The van der Waals surface area contributed by atoms with Gasteiger partial charge in [0.1, 0.15) is 5.60 Å². The van der Waals surface area contributed by atoms with E-state index in [1.807, 2.05) is 60.7 Å². The van der Waals surface area contributed by atoms with E-state index in [-0.39, 0.29) is 24.6 Å². The molecule has 38 heavy (non-hydrogen) atoms. The number of nitrogens with zero attached hydrogens (tertiary/aromatic N) is 2. The number of hydrogen-bond acceptors (Lipinski definition) is 6. The highest BCUT2D eigenvalue weighted by atomic mass is 32.2. The molecule has 0 aromatic heterocycles. The third kappa shape index (κ3) is 8.04. The van der Waals surface area contributed by atoms with Crippen LogP contribution in [-0.2, 0) is 32.5 Å². The molecule has 1 N–H and O–H groups in total. The Balaban J connectivity index is 1.33. The zero-order chi connectivity index (χ0) is 27.5. The molecule has 0 bridgehead atoms. The van der Waals surface area contributed by atoms with Gasteiger partial charge >= 0.3 is 6.09 Å². The van der Waals surface area contributed by atoms with E-state index in [0.717, 1.165) is 56.3 Å². The van der Waals surface area contributed by atoms with Crippen LogP contribution in [0.5, 0.6) is 0 Å². The van der Waals surface area contributed by atoms with Crippen LogP contribution in [0.3, 0.4) is 0 Å². The first-order chi connectivity index (χ1) is 17.9. The lowest BCUT2D eigenvalue weighted by molar-refractivity contribution is -0.118. The highest BCUT2D eigenvalue weighted by molar-refractivity contribution is 7.89. The Bertz CT molecular complexity index is 1220. The van der Waals surface area contributed by atoms with E-state index < -0.39 is 21.5 Å². The fraction of sp³-hybridized carbons (Fsp3) is 0.517. The number of amides is 2. The maximum atomic E-state index is 13.3. The van der Waals surface area contributed by atoms with Crippen LogP contribution in [0.25, 0.3) is 0 Å². The first-order valence-corrected chi connectivity index (χ1v) is 15.1. The number of rotatable bonds is 8. The van der Waals surface area contributed by atoms with Crippen LogP contribution < -0.4 is 4.72 Å². The molecule has 9 heteroatoms. The molecule has 2 fully saturated rings. The van der Waals surface area contributed by atoms with Crippen molar-refractivity contribution >= 4 is 22.0 Å². The topological polar surface area (TPSA) is 96.0 Å². The molecule has 4 rings (SSSR count). The van der Waals surface area contributed by atoms with E-state index in [9.17, 15) is 18.0 Å². The van der Waals surface area contributed by atoms with Gasteiger partial charge in [-0.1, -0.05) is 54.6 Å². The van der Waals surface area contributed by atoms with Crippen LogP contribution >= 0.6 is 0 Å². The van der Waals surface area contributed by atoms with Crippen molar-refractivity contribution < 1.29 is 22.7 Å². The molecular formula is C29H39N3O5S. The van der Waals surface area contributed by atoms with Crippen molar-refractivity contribution in [3.8, 4) is 0 Å². The van der Waals surface area contributed by atoms with Gasteiger partial charge in [-0.15, -0.1) is 0 Å². The minimum Gasteiger partial charge on any atom is -0.444 e. The van der Waals surface area contributed by atoms with E-state index in [0.29, 0.717) is 5.92 Å². The number of nitrogens with one attached hydrogen (secondary N) is 1. The van der Waals surface area contributed by atoms with Gasteiger partial charge in [0.2, 0.25) is 15.9 Å². The Morgan fingerprint density at radius 2 is 1.61 bits per heavy atom. The lowest BCUT2D eigenvalue weighted by Crippen LogP contribution is -2.50. The van der Waals surface area contributed by atoms with Crippen LogP contribution in [-0.4, -0.2) is 67.2 Å². The number of benzene rings is 2. The average molecular weight is 542 g/mol. The largest absolute Gasteiger partial charge is 0.444 e. The van der Waals surface area contributed by atoms with Crippen molar-refractivity contribution in [2.24, 2.45) is 0 Å². The summed E-state index contributed by atoms with van der Waals surface area (Å²) in [6.07, 6.45) is 3.52. The van der Waals surface area contributed by atoms with Gasteiger partial charge in [-0.2, -0.15) is 0 Å². The summed E-state index contributed by atoms with van der Waals surface area (Å²) < 4.78 is 30.3. The lowest BCUT2D eigenvalue weighted by atomic mass is 10.0. The summed E-state index contributed by atoms with van der Waals surface area (Å²) in [4.78, 5) is 29.6. The molecule has 8 nitrogen and oxygen atoms in total. The second-order valence-corrected chi connectivity index (χ2v) is 13.3. The zero-order valence-electron chi connectivity index (χ0n) is 22.7. The molecule has 2 atom stereocenters. The number of ether oxygens (including phenoxy) is 1. The molecular weight excluding hydrogens is 502 g/mol. The second kappa shape index (κ2) is 11.5. The molecule has 1 saturated carbocycles. The maximum Gasteiger partial charge on any atom is 0.410 e. The van der Waals surface area contributed by atoms with Gasteiger partial charge in [0.05, 0.1) is 12.7 Å². The summed E-state index contributed by atoms with van der Waals surface area (Å²) in [6, 6.07) is 18.4. The summed E-state index contributed by atoms with van der Waals surface area (Å²) in [5.41, 5.74) is 2.64. The number of piperidine rings is 1. The Morgan fingerprint density at radius 1 is 1.00 bits per heavy atom. The molecule has 206 valence electrons. The van der Waals surface area contributed by atoms with Gasteiger partial charge in [0, 0.05) is 37.6 Å². The maximum absolute atomic E-state index is 13.3. The molecule has 0 spiro atoms. The third-order valence-electron chi connectivity index (χ3n) is 6.99. The highest BCUT2D eigenvalue weighted by Gasteiger charge is 2.48. The zero-order valence-corrected chi connectivity index (χ0v) is 23.5. The number of carbonyl (C=O) groups excluding carboxylic acids is 2. The summed E-state index contributed by atoms with van der Waals surface area (Å²) in [5.74, 6) is -0.179. The second-order valence-electron chi connectivity index (χ2n) is 11.5. The Kier molecular flexibility index (Phi) is 8.47. The minimum atomic E-state index is -3.55. The smallest absolute Gasteiger partial charge is 0.410 e. The van der Waals surface area contributed by atoms with Gasteiger partial charge in [-0.25, -0.2) is 13.2 Å². The quantitative estimate of drug-likeness (QED) is 0.542. The molecule has 1 saturated heterocycles. The highest BCUT2D eigenvalue weighted by Crippen LogP contribution is 2.46. The molecule has 0 radical (unpaired) electrons. The van der Waals surface area contributed by atoms with Crippen molar-refractivity contribution in [3.63, 3.8) is 0 Å². The predicted octanol–water partition coefficient (Wildman–Crippen LogP) is 4.06. The fourth-order valence-corrected chi connectivity index (χ4v) is 5.71. The first-order valence-electron chi connectivity index (χ1n) is 13.2. The predicted molar refractivity (Wildman–Crippen MR) is 147 cm³/mol. The van der Waals surface area contributed by atoms with Crippen LogP contribution in [0.1, 0.15) is 62.6 Å². The van der Waals surface area contributed by atoms with E-state index >= 15 is 0 Å². The van der Waals surface area contributed by atoms with Crippen molar-refractivity contribution in [1.82, 2.24) is 14.5 Å². The monoisotopic (exact) mass is 541 g/mol. The normalized spacial score (nSPS) is 20.5. The van der Waals surface area contributed by atoms with E-state index in [1.165, 1.54) is 5.56 Å². The molecule has 1 aliphatic heterocycles. The van der Waals surface area contributed by atoms with E-state index in [2.05, 4.69) is 29.2 Å². The van der Waals surface area contributed by atoms with Crippen molar-refractivity contribution in [1.29, 1.82) is 0 Å². The fourth-order valence-electron chi connectivity index (χ4n) is 5.22. The standard InChI is InChI=1S/C29H39N3O5S/c1-29(2,3)37-28(34)32(26-19-25(26)23-8-6-5-7-9-23)24-14-16-31(17-15-24)20-22-12-10-21(11-13-22)18-27(33)30-38(4,35)36/h5-13,24-26H,14-20H2,1-4H3,(H,30,33)/t25-,26+/m0/s1. The molecule has 0 unspecified atom stereocenters. The Labute approximate surface area is 226 Å². The van der Waals surface area contributed by atoms with E-state index in [4.69, 9.17) is 4.74 Å². The van der Waals surface area contributed by atoms with Crippen molar-refractivity contribution in [2.45, 2.75) is 76.6 Å². The van der Waals surface area contributed by atoms with E-state index in [1.54, 1.807) is 0 Å². The SMILES string of the molecule is CC(C)(C)OC(=O)N(C1CCN(Cc2ccc(CC(=O)NS(C)(=O)=O)cc2)CC1)[C@@H]1C[C@H]1c1ccccc1. The lowest BCUT2D eigenvalue weighted by Gasteiger charge is -2.39.